The van der Waals surface area contributed by atoms with Crippen LogP contribution in [0, 0.1) is 11.8 Å². The van der Waals surface area contributed by atoms with Crippen LogP contribution in [0.3, 0.4) is 0 Å². The van der Waals surface area contributed by atoms with Gasteiger partial charge in [0.05, 0.1) is 26.2 Å². The Morgan fingerprint density at radius 2 is 1.59 bits per heavy atom. The van der Waals surface area contributed by atoms with Crippen LogP contribution in [0.4, 0.5) is 26.3 Å². The van der Waals surface area contributed by atoms with Gasteiger partial charge in [-0.2, -0.15) is 26.3 Å². The van der Waals surface area contributed by atoms with Gasteiger partial charge in [0.2, 0.25) is 0 Å². The van der Waals surface area contributed by atoms with E-state index in [1.807, 2.05) is 6.92 Å². The van der Waals surface area contributed by atoms with Gasteiger partial charge in [0.25, 0.3) is 5.79 Å². The number of alkyl halides is 6. The van der Waals surface area contributed by atoms with Gasteiger partial charge >= 0.3 is 24.3 Å². The highest BCUT2D eigenvalue weighted by Gasteiger charge is 2.69. The van der Waals surface area contributed by atoms with E-state index in [1.54, 1.807) is 0 Å². The largest absolute Gasteiger partial charge is 0.469 e. The van der Waals surface area contributed by atoms with Crippen molar-refractivity contribution >= 4 is 11.9 Å². The first kappa shape index (κ1) is 28.4. The minimum Gasteiger partial charge on any atom is -0.469 e. The van der Waals surface area contributed by atoms with Gasteiger partial charge in [0, 0.05) is 6.42 Å². The molecule has 13 heteroatoms. The molecular formula is C19H28F6O7. The highest BCUT2D eigenvalue weighted by atomic mass is 19.4. The van der Waals surface area contributed by atoms with Gasteiger partial charge in [-0.3, -0.25) is 9.59 Å². The molecule has 188 valence electrons. The Kier molecular flexibility index (Phi) is 9.38. The summed E-state index contributed by atoms with van der Waals surface area (Å²) in [4.78, 5) is 24.0. The van der Waals surface area contributed by atoms with Gasteiger partial charge in [0.1, 0.15) is 5.92 Å². The number of unbranched alkanes of at least 4 members (excludes halogenated alkanes) is 3. The maximum Gasteiger partial charge on any atom is 0.444 e. The second-order valence-corrected chi connectivity index (χ2v) is 7.84. The van der Waals surface area contributed by atoms with Crippen molar-refractivity contribution in [3.05, 3.63) is 0 Å². The van der Waals surface area contributed by atoms with E-state index >= 15 is 0 Å². The Morgan fingerprint density at radius 1 is 1.03 bits per heavy atom. The topological polar surface area (TPSA) is 102 Å². The molecule has 1 rings (SSSR count). The van der Waals surface area contributed by atoms with Crippen molar-refractivity contribution in [1.82, 2.24) is 0 Å². The Balaban J connectivity index is 3.38. The van der Waals surface area contributed by atoms with E-state index in [0.29, 0.717) is 19.3 Å². The summed E-state index contributed by atoms with van der Waals surface area (Å²) in [6.45, 7) is 1.81. The Hall–Kier alpha value is -1.60. The molecule has 0 amide bonds. The summed E-state index contributed by atoms with van der Waals surface area (Å²) in [7, 11) is 1.58. The number of carbonyl (C=O) groups is 2. The molecule has 0 aliphatic carbocycles. The van der Waals surface area contributed by atoms with Crippen LogP contribution in [0.5, 0.6) is 0 Å². The van der Waals surface area contributed by atoms with E-state index < -0.39 is 72.9 Å². The van der Waals surface area contributed by atoms with Crippen molar-refractivity contribution in [1.29, 1.82) is 0 Å². The van der Waals surface area contributed by atoms with Gasteiger partial charge in [0.15, 0.2) is 5.60 Å². The van der Waals surface area contributed by atoms with Crippen molar-refractivity contribution < 1.29 is 60.4 Å². The lowest BCUT2D eigenvalue weighted by Crippen LogP contribution is -2.64. The molecule has 1 saturated heterocycles. The second kappa shape index (κ2) is 10.6. The molecule has 0 saturated carbocycles. The van der Waals surface area contributed by atoms with E-state index in [0.717, 1.165) is 14.2 Å². The van der Waals surface area contributed by atoms with Crippen molar-refractivity contribution in [2.75, 3.05) is 14.2 Å². The van der Waals surface area contributed by atoms with E-state index in [-0.39, 0.29) is 6.42 Å². The SMILES string of the molecule is CCCCCCC(O)(CC1OC(O)(C(F)(F)F)C(C(=O)OC)CC1C(=O)OC)C(F)(F)F. The van der Waals surface area contributed by atoms with E-state index in [1.165, 1.54) is 0 Å². The summed E-state index contributed by atoms with van der Waals surface area (Å²) in [6.07, 6.45) is -15.0. The number of rotatable bonds is 9. The lowest BCUT2D eigenvalue weighted by molar-refractivity contribution is -0.414. The van der Waals surface area contributed by atoms with Crippen LogP contribution in [0.25, 0.3) is 0 Å². The number of esters is 2. The average Bonchev–Trinajstić information content (AvgIpc) is 2.68. The van der Waals surface area contributed by atoms with E-state index in [9.17, 15) is 46.1 Å². The third-order valence-corrected chi connectivity index (χ3v) is 5.65. The van der Waals surface area contributed by atoms with Crippen LogP contribution >= 0.6 is 0 Å². The molecule has 0 aromatic carbocycles. The molecule has 7 nitrogen and oxygen atoms in total. The monoisotopic (exact) mass is 482 g/mol. The van der Waals surface area contributed by atoms with Crippen molar-refractivity contribution in [3.8, 4) is 0 Å². The summed E-state index contributed by atoms with van der Waals surface area (Å²) in [5.74, 6) is -11.3. The third-order valence-electron chi connectivity index (χ3n) is 5.65. The van der Waals surface area contributed by atoms with E-state index in [2.05, 4.69) is 14.2 Å². The number of hydrogen-bond acceptors (Lipinski definition) is 7. The zero-order valence-electron chi connectivity index (χ0n) is 17.9. The molecule has 0 aromatic rings. The number of carbonyl (C=O) groups excluding carboxylic acids is 2. The van der Waals surface area contributed by atoms with Crippen molar-refractivity contribution in [2.45, 2.75) is 81.7 Å². The molecule has 5 unspecified atom stereocenters. The van der Waals surface area contributed by atoms with Crippen molar-refractivity contribution in [2.24, 2.45) is 11.8 Å². The summed E-state index contributed by atoms with van der Waals surface area (Å²) in [5, 5.41) is 20.5. The molecule has 2 N–H and O–H groups in total. The highest BCUT2D eigenvalue weighted by molar-refractivity contribution is 5.77. The number of ether oxygens (including phenoxy) is 3. The minimum atomic E-state index is -5.62. The molecule has 5 atom stereocenters. The van der Waals surface area contributed by atoms with Crippen LogP contribution in [-0.2, 0) is 23.8 Å². The average molecular weight is 482 g/mol. The first-order valence-corrected chi connectivity index (χ1v) is 9.99. The summed E-state index contributed by atoms with van der Waals surface area (Å²) < 4.78 is 95.2. The van der Waals surface area contributed by atoms with Crippen molar-refractivity contribution in [3.63, 3.8) is 0 Å². The highest BCUT2D eigenvalue weighted by Crippen LogP contribution is 2.49. The third kappa shape index (κ3) is 6.04. The van der Waals surface area contributed by atoms with Crippen LogP contribution in [0.1, 0.15) is 51.9 Å². The van der Waals surface area contributed by atoms with Crippen LogP contribution in [0.2, 0.25) is 0 Å². The maximum absolute atomic E-state index is 13.7. The fourth-order valence-electron chi connectivity index (χ4n) is 3.74. The zero-order valence-corrected chi connectivity index (χ0v) is 17.9. The molecule has 1 aliphatic rings. The molecule has 1 aliphatic heterocycles. The number of aliphatic hydroxyl groups is 2. The second-order valence-electron chi connectivity index (χ2n) is 7.84. The standard InChI is InChI=1S/C19H28F6O7/c1-4-5-6-7-8-16(28,18(20,21)22)10-13-11(14(26)30-2)9-12(15(27)31-3)17(29,32-13)19(23,24)25/h11-13,28-29H,4-10H2,1-3H3. The fourth-order valence-corrected chi connectivity index (χ4v) is 3.74. The Bertz CT molecular complexity index is 653. The van der Waals surface area contributed by atoms with E-state index in [4.69, 9.17) is 0 Å². The zero-order chi connectivity index (χ0) is 25.0. The molecule has 1 fully saturated rings. The fraction of sp³-hybridized carbons (Fsp3) is 0.895. The molecule has 0 bridgehead atoms. The molecule has 32 heavy (non-hydrogen) atoms. The quantitative estimate of drug-likeness (QED) is 0.296. The normalized spacial score (nSPS) is 28.7. The van der Waals surface area contributed by atoms with Gasteiger partial charge in [-0.25, -0.2) is 0 Å². The lowest BCUT2D eigenvalue weighted by Gasteiger charge is -2.47. The lowest BCUT2D eigenvalue weighted by atomic mass is 9.76. The summed E-state index contributed by atoms with van der Waals surface area (Å²) in [5.41, 5.74) is -3.50. The number of hydrogen-bond donors (Lipinski definition) is 2. The summed E-state index contributed by atoms with van der Waals surface area (Å²) in [6, 6.07) is 0. The number of halogens is 6. The predicted molar refractivity (Wildman–Crippen MR) is 95.9 cm³/mol. The maximum atomic E-state index is 13.7. The first-order valence-electron chi connectivity index (χ1n) is 9.99. The molecular weight excluding hydrogens is 454 g/mol. The minimum absolute atomic E-state index is 0.0895. The van der Waals surface area contributed by atoms with Crippen LogP contribution in [0.15, 0.2) is 0 Å². The van der Waals surface area contributed by atoms with Gasteiger partial charge in [-0.1, -0.05) is 32.6 Å². The molecule has 1 heterocycles. The van der Waals surface area contributed by atoms with Crippen LogP contribution < -0.4 is 0 Å². The summed E-state index contributed by atoms with van der Waals surface area (Å²) >= 11 is 0. The predicted octanol–water partition coefficient (Wildman–Crippen LogP) is 3.26. The molecule has 0 aromatic heterocycles. The Morgan fingerprint density at radius 3 is 2.03 bits per heavy atom. The number of methoxy groups -OCH3 is 2. The van der Waals surface area contributed by atoms with Gasteiger partial charge < -0.3 is 24.4 Å². The van der Waals surface area contributed by atoms with Gasteiger partial charge in [-0.05, 0) is 12.8 Å². The molecule has 0 radical (unpaired) electrons. The molecule has 0 spiro atoms. The van der Waals surface area contributed by atoms with Crippen LogP contribution in [-0.4, -0.2) is 66.2 Å². The Labute approximate surface area is 181 Å². The first-order chi connectivity index (χ1) is 14.6. The smallest absolute Gasteiger partial charge is 0.444 e. The van der Waals surface area contributed by atoms with Gasteiger partial charge in [-0.15, -0.1) is 0 Å².